The van der Waals surface area contributed by atoms with Crippen LogP contribution in [0.2, 0.25) is 0 Å². The first kappa shape index (κ1) is 23.0. The molecule has 1 aliphatic rings. The molecule has 0 aliphatic heterocycles. The number of anilines is 1. The topological polar surface area (TPSA) is 72.7 Å². The van der Waals surface area contributed by atoms with Crippen molar-refractivity contribution in [3.05, 3.63) is 41.0 Å². The van der Waals surface area contributed by atoms with Gasteiger partial charge in [-0.05, 0) is 26.2 Å². The fourth-order valence-corrected chi connectivity index (χ4v) is 5.77. The van der Waals surface area contributed by atoms with Gasteiger partial charge < -0.3 is 9.88 Å². The molecule has 3 aromatic rings. The van der Waals surface area contributed by atoms with Crippen molar-refractivity contribution in [2.24, 2.45) is 5.92 Å². The molecular weight excluding hydrogens is 438 g/mol. The smallest absolute Gasteiger partial charge is 0.236 e. The van der Waals surface area contributed by atoms with Gasteiger partial charge in [-0.1, -0.05) is 73.7 Å². The van der Waals surface area contributed by atoms with E-state index in [-0.39, 0.29) is 5.91 Å². The highest BCUT2D eigenvalue weighted by atomic mass is 32.2. The van der Waals surface area contributed by atoms with E-state index in [9.17, 15) is 4.79 Å². The van der Waals surface area contributed by atoms with Crippen molar-refractivity contribution in [3.63, 3.8) is 0 Å². The average Bonchev–Trinajstić information content (AvgIpc) is 3.44. The molecule has 8 heteroatoms. The lowest BCUT2D eigenvalue weighted by molar-refractivity contribution is -0.113. The Bertz CT molecular complexity index is 1020. The van der Waals surface area contributed by atoms with Gasteiger partial charge in [-0.15, -0.1) is 21.5 Å². The molecule has 1 aromatic carbocycles. The summed E-state index contributed by atoms with van der Waals surface area (Å²) < 4.78 is 2.15. The Morgan fingerprint density at radius 2 is 1.97 bits per heavy atom. The Kier molecular flexibility index (Phi) is 7.97. The van der Waals surface area contributed by atoms with Gasteiger partial charge in [0.15, 0.2) is 10.3 Å². The summed E-state index contributed by atoms with van der Waals surface area (Å²) in [5, 5.41) is 15.1. The van der Waals surface area contributed by atoms with Crippen LogP contribution in [0.25, 0.3) is 11.3 Å². The highest BCUT2D eigenvalue weighted by Gasteiger charge is 2.17. The quantitative estimate of drug-likeness (QED) is 0.391. The van der Waals surface area contributed by atoms with E-state index in [4.69, 9.17) is 0 Å². The van der Waals surface area contributed by atoms with Gasteiger partial charge in [0.1, 0.15) is 5.82 Å². The van der Waals surface area contributed by atoms with Crippen molar-refractivity contribution < 1.29 is 4.79 Å². The molecule has 0 spiro atoms. The molecule has 6 nitrogen and oxygen atoms in total. The van der Waals surface area contributed by atoms with Gasteiger partial charge in [0.25, 0.3) is 0 Å². The van der Waals surface area contributed by atoms with Gasteiger partial charge in [-0.25, -0.2) is 4.98 Å². The molecule has 2 heterocycles. The van der Waals surface area contributed by atoms with Crippen LogP contribution >= 0.6 is 23.1 Å². The maximum Gasteiger partial charge on any atom is 0.236 e. The number of carbonyl (C=O) groups excluding carboxylic acids is 1. The molecular formula is C24H31N5OS2. The van der Waals surface area contributed by atoms with Crippen LogP contribution in [0.5, 0.6) is 0 Å². The first-order valence-corrected chi connectivity index (χ1v) is 13.4. The maximum atomic E-state index is 12.5. The number of aryl methyl sites for hydroxylation is 2. The molecule has 0 saturated heterocycles. The number of rotatable bonds is 9. The van der Waals surface area contributed by atoms with Crippen LogP contribution in [-0.4, -0.2) is 31.4 Å². The number of nitrogens with one attached hydrogen (secondary N) is 1. The minimum atomic E-state index is -0.0748. The highest BCUT2D eigenvalue weighted by molar-refractivity contribution is 7.99. The van der Waals surface area contributed by atoms with Crippen LogP contribution in [0.3, 0.4) is 0 Å². The van der Waals surface area contributed by atoms with Gasteiger partial charge in [-0.3, -0.25) is 4.79 Å². The molecule has 1 aliphatic carbocycles. The van der Waals surface area contributed by atoms with Gasteiger partial charge in [0.05, 0.1) is 11.4 Å². The third-order valence-electron chi connectivity index (χ3n) is 6.04. The summed E-state index contributed by atoms with van der Waals surface area (Å²) >= 11 is 2.89. The Labute approximate surface area is 198 Å². The second-order valence-electron chi connectivity index (χ2n) is 8.43. The van der Waals surface area contributed by atoms with E-state index in [1.54, 1.807) is 0 Å². The Balaban J connectivity index is 1.29. The number of thioether (sulfide) groups is 1. The summed E-state index contributed by atoms with van der Waals surface area (Å²) in [6, 6.07) is 8.23. The number of hydrogen-bond acceptors (Lipinski definition) is 6. The van der Waals surface area contributed by atoms with Crippen LogP contribution in [0.4, 0.5) is 5.13 Å². The zero-order valence-electron chi connectivity index (χ0n) is 18.8. The van der Waals surface area contributed by atoms with Crippen molar-refractivity contribution in [1.82, 2.24) is 19.7 Å². The number of carbonyl (C=O) groups is 1. The summed E-state index contributed by atoms with van der Waals surface area (Å²) in [5.41, 5.74) is 3.15. The molecule has 1 fully saturated rings. The first-order valence-electron chi connectivity index (χ1n) is 11.5. The SMILES string of the molecule is CCn1c(CCC2CCCCC2)nnc1SCC(=O)Nc1nc(-c2ccc(C)cc2)cs1. The summed E-state index contributed by atoms with van der Waals surface area (Å²) in [4.78, 5) is 17.0. The third-order valence-corrected chi connectivity index (χ3v) is 7.77. The molecule has 0 unspecified atom stereocenters. The van der Waals surface area contributed by atoms with Crippen LogP contribution in [0.1, 0.15) is 56.8 Å². The van der Waals surface area contributed by atoms with Gasteiger partial charge in [-0.2, -0.15) is 0 Å². The van der Waals surface area contributed by atoms with Crippen molar-refractivity contribution in [2.45, 2.75) is 70.5 Å². The Morgan fingerprint density at radius 3 is 2.72 bits per heavy atom. The lowest BCUT2D eigenvalue weighted by atomic mass is 9.86. The second kappa shape index (κ2) is 11.1. The average molecular weight is 470 g/mol. The molecule has 32 heavy (non-hydrogen) atoms. The molecule has 0 atom stereocenters. The molecule has 2 aromatic heterocycles. The minimum Gasteiger partial charge on any atom is -0.306 e. The Hall–Kier alpha value is -2.19. The summed E-state index contributed by atoms with van der Waals surface area (Å²) in [6.07, 6.45) is 8.99. The third kappa shape index (κ3) is 5.98. The normalized spacial score (nSPS) is 14.6. The zero-order chi connectivity index (χ0) is 22.3. The van der Waals surface area contributed by atoms with Crippen molar-refractivity contribution in [1.29, 1.82) is 0 Å². The molecule has 1 N–H and O–H groups in total. The predicted octanol–water partition coefficient (Wildman–Crippen LogP) is 5.97. The Morgan fingerprint density at radius 1 is 1.19 bits per heavy atom. The van der Waals surface area contributed by atoms with Crippen LogP contribution in [-0.2, 0) is 17.8 Å². The first-order chi connectivity index (χ1) is 15.6. The van der Waals surface area contributed by atoms with Crippen LogP contribution in [0.15, 0.2) is 34.8 Å². The molecule has 170 valence electrons. The van der Waals surface area contributed by atoms with E-state index in [2.05, 4.69) is 63.2 Å². The molecule has 4 rings (SSSR count). The second-order valence-corrected chi connectivity index (χ2v) is 10.2. The maximum absolute atomic E-state index is 12.5. The minimum absolute atomic E-state index is 0.0748. The van der Waals surface area contributed by atoms with E-state index in [1.807, 2.05) is 5.38 Å². The summed E-state index contributed by atoms with van der Waals surface area (Å²) in [6.45, 7) is 5.00. The van der Waals surface area contributed by atoms with E-state index < -0.39 is 0 Å². The van der Waals surface area contributed by atoms with E-state index in [0.717, 1.165) is 41.1 Å². The monoisotopic (exact) mass is 469 g/mol. The molecule has 1 amide bonds. The fourth-order valence-electron chi connectivity index (χ4n) is 4.21. The lowest BCUT2D eigenvalue weighted by Crippen LogP contribution is -2.14. The standard InChI is InChI=1S/C24H31N5OS2/c1-3-29-21(14-11-18-7-5-4-6-8-18)27-28-24(29)32-16-22(30)26-23-25-20(15-31-23)19-12-9-17(2)10-13-19/h9-10,12-13,15,18H,3-8,11,14,16H2,1-2H3,(H,25,26,30). The molecule has 1 saturated carbocycles. The number of aromatic nitrogens is 4. The number of nitrogens with zero attached hydrogens (tertiary/aromatic N) is 4. The number of thiazole rings is 1. The largest absolute Gasteiger partial charge is 0.306 e. The highest BCUT2D eigenvalue weighted by Crippen LogP contribution is 2.28. The van der Waals surface area contributed by atoms with Gasteiger partial charge in [0, 0.05) is 23.9 Å². The molecule has 0 radical (unpaired) electrons. The molecule has 0 bridgehead atoms. The van der Waals surface area contributed by atoms with Gasteiger partial charge in [0.2, 0.25) is 5.91 Å². The fraction of sp³-hybridized carbons (Fsp3) is 0.500. The zero-order valence-corrected chi connectivity index (χ0v) is 20.5. The van der Waals surface area contributed by atoms with Crippen LogP contribution < -0.4 is 5.32 Å². The summed E-state index contributed by atoms with van der Waals surface area (Å²) in [5.74, 6) is 2.09. The van der Waals surface area contributed by atoms with Crippen molar-refractivity contribution >= 4 is 34.1 Å². The van der Waals surface area contributed by atoms with Crippen molar-refractivity contribution in [2.75, 3.05) is 11.1 Å². The van der Waals surface area contributed by atoms with Crippen molar-refractivity contribution in [3.8, 4) is 11.3 Å². The predicted molar refractivity (Wildman–Crippen MR) is 132 cm³/mol. The van der Waals surface area contributed by atoms with Crippen LogP contribution in [0, 0.1) is 12.8 Å². The van der Waals surface area contributed by atoms with E-state index >= 15 is 0 Å². The lowest BCUT2D eigenvalue weighted by Gasteiger charge is -2.21. The van der Waals surface area contributed by atoms with E-state index in [1.165, 1.54) is 67.2 Å². The number of hydrogen-bond donors (Lipinski definition) is 1. The number of amides is 1. The summed E-state index contributed by atoms with van der Waals surface area (Å²) in [7, 11) is 0. The van der Waals surface area contributed by atoms with E-state index in [0.29, 0.717) is 10.9 Å². The van der Waals surface area contributed by atoms with Gasteiger partial charge >= 0.3 is 0 Å². The number of benzene rings is 1.